The standard InChI is InChI=1S/C18H23F3N4O2/c19-18(20,21)13-24-10-8-23(9-11-24)12-16(26)22-14-4-1-2-5-15(14)25-7-3-6-17(25)27/h1-2,4-5H,3,6-13H2,(H,22,26). The smallest absolute Gasteiger partial charge is 0.323 e. The van der Waals surface area contributed by atoms with Crippen molar-refractivity contribution in [1.82, 2.24) is 9.80 Å². The van der Waals surface area contributed by atoms with E-state index in [9.17, 15) is 22.8 Å². The quantitative estimate of drug-likeness (QED) is 0.843. The van der Waals surface area contributed by atoms with Gasteiger partial charge in [-0.3, -0.25) is 19.4 Å². The molecule has 2 amide bonds. The fourth-order valence-corrected chi connectivity index (χ4v) is 3.47. The first-order chi connectivity index (χ1) is 12.8. The van der Waals surface area contributed by atoms with Gasteiger partial charge >= 0.3 is 6.18 Å². The molecule has 0 aromatic heterocycles. The van der Waals surface area contributed by atoms with Gasteiger partial charge < -0.3 is 10.2 Å². The Balaban J connectivity index is 1.53. The van der Waals surface area contributed by atoms with Gasteiger partial charge in [0.1, 0.15) is 0 Å². The summed E-state index contributed by atoms with van der Waals surface area (Å²) in [7, 11) is 0. The Kier molecular flexibility index (Phi) is 6.01. The number of rotatable bonds is 5. The number of nitrogens with zero attached hydrogens (tertiary/aromatic N) is 3. The number of anilines is 2. The Labute approximate surface area is 155 Å². The van der Waals surface area contributed by atoms with Crippen LogP contribution in [0.1, 0.15) is 12.8 Å². The van der Waals surface area contributed by atoms with Crippen molar-refractivity contribution in [1.29, 1.82) is 0 Å². The van der Waals surface area contributed by atoms with E-state index in [4.69, 9.17) is 0 Å². The monoisotopic (exact) mass is 384 g/mol. The van der Waals surface area contributed by atoms with Crippen LogP contribution < -0.4 is 10.2 Å². The molecule has 2 aliphatic rings. The van der Waals surface area contributed by atoms with Crippen LogP contribution >= 0.6 is 0 Å². The van der Waals surface area contributed by atoms with Crippen LogP contribution in [0.4, 0.5) is 24.5 Å². The first-order valence-electron chi connectivity index (χ1n) is 9.02. The van der Waals surface area contributed by atoms with Crippen molar-refractivity contribution in [2.24, 2.45) is 0 Å². The largest absolute Gasteiger partial charge is 0.401 e. The van der Waals surface area contributed by atoms with E-state index in [0.717, 1.165) is 6.42 Å². The number of para-hydroxylation sites is 2. The zero-order valence-corrected chi connectivity index (χ0v) is 15.0. The van der Waals surface area contributed by atoms with E-state index in [1.54, 1.807) is 23.1 Å². The Hall–Kier alpha value is -2.13. The van der Waals surface area contributed by atoms with Gasteiger partial charge in [-0.15, -0.1) is 0 Å². The summed E-state index contributed by atoms with van der Waals surface area (Å²) < 4.78 is 37.3. The Morgan fingerprint density at radius 2 is 1.70 bits per heavy atom. The highest BCUT2D eigenvalue weighted by molar-refractivity contribution is 6.02. The molecule has 9 heteroatoms. The normalized spacial score (nSPS) is 19.5. The van der Waals surface area contributed by atoms with Crippen LogP contribution in [0.2, 0.25) is 0 Å². The second-order valence-corrected chi connectivity index (χ2v) is 6.88. The average Bonchev–Trinajstić information content (AvgIpc) is 3.02. The number of nitrogens with one attached hydrogen (secondary N) is 1. The molecule has 27 heavy (non-hydrogen) atoms. The number of piperazine rings is 1. The third-order valence-electron chi connectivity index (χ3n) is 4.78. The number of alkyl halides is 3. The van der Waals surface area contributed by atoms with Crippen LogP contribution in [0.15, 0.2) is 24.3 Å². The molecule has 0 spiro atoms. The molecule has 148 valence electrons. The summed E-state index contributed by atoms with van der Waals surface area (Å²) in [5.74, 6) is -0.198. The van der Waals surface area contributed by atoms with Gasteiger partial charge in [-0.25, -0.2) is 0 Å². The lowest BCUT2D eigenvalue weighted by molar-refractivity contribution is -0.149. The van der Waals surface area contributed by atoms with Crippen LogP contribution in [0.5, 0.6) is 0 Å². The van der Waals surface area contributed by atoms with Crippen molar-refractivity contribution in [3.63, 3.8) is 0 Å². The van der Waals surface area contributed by atoms with Crippen molar-refractivity contribution in [2.45, 2.75) is 19.0 Å². The molecule has 1 aromatic carbocycles. The summed E-state index contributed by atoms with van der Waals surface area (Å²) in [5, 5.41) is 2.84. The molecule has 3 rings (SSSR count). The molecule has 0 bridgehead atoms. The molecule has 0 atom stereocenters. The summed E-state index contributed by atoms with van der Waals surface area (Å²) in [6.07, 6.45) is -2.90. The highest BCUT2D eigenvalue weighted by atomic mass is 19.4. The van der Waals surface area contributed by atoms with Crippen molar-refractivity contribution >= 4 is 23.2 Å². The van der Waals surface area contributed by atoms with Crippen LogP contribution in [-0.2, 0) is 9.59 Å². The predicted molar refractivity (Wildman–Crippen MR) is 95.6 cm³/mol. The fourth-order valence-electron chi connectivity index (χ4n) is 3.47. The molecule has 0 aliphatic carbocycles. The lowest BCUT2D eigenvalue weighted by Crippen LogP contribution is -2.50. The van der Waals surface area contributed by atoms with E-state index in [1.165, 1.54) is 4.90 Å². The third-order valence-corrected chi connectivity index (χ3v) is 4.78. The van der Waals surface area contributed by atoms with E-state index in [-0.39, 0.29) is 31.4 Å². The molecule has 1 aromatic rings. The zero-order chi connectivity index (χ0) is 19.4. The van der Waals surface area contributed by atoms with Crippen molar-refractivity contribution in [2.75, 3.05) is 56.0 Å². The first kappa shape index (κ1) is 19.6. The maximum Gasteiger partial charge on any atom is 0.401 e. The Bertz CT molecular complexity index is 687. The summed E-state index contributed by atoms with van der Waals surface area (Å²) in [6.45, 7) is 1.22. The van der Waals surface area contributed by atoms with E-state index in [1.807, 2.05) is 11.0 Å². The number of hydrogen-bond acceptors (Lipinski definition) is 4. The number of halogens is 3. The van der Waals surface area contributed by atoms with Crippen LogP contribution in [0.3, 0.4) is 0 Å². The second kappa shape index (κ2) is 8.26. The fraction of sp³-hybridized carbons (Fsp3) is 0.556. The summed E-state index contributed by atoms with van der Waals surface area (Å²) in [6, 6.07) is 7.15. The molecule has 2 saturated heterocycles. The molecular weight excluding hydrogens is 361 g/mol. The van der Waals surface area contributed by atoms with Crippen LogP contribution in [-0.4, -0.2) is 73.6 Å². The van der Waals surface area contributed by atoms with E-state index < -0.39 is 12.7 Å². The summed E-state index contributed by atoms with van der Waals surface area (Å²) in [5.41, 5.74) is 1.26. The molecule has 2 heterocycles. The molecular formula is C18H23F3N4O2. The zero-order valence-electron chi connectivity index (χ0n) is 15.0. The molecule has 6 nitrogen and oxygen atoms in total. The first-order valence-corrected chi connectivity index (χ1v) is 9.02. The van der Waals surface area contributed by atoms with Gasteiger partial charge in [-0.05, 0) is 18.6 Å². The second-order valence-electron chi connectivity index (χ2n) is 6.88. The predicted octanol–water partition coefficient (Wildman–Crippen LogP) is 1.93. The minimum Gasteiger partial charge on any atom is -0.323 e. The number of carbonyl (C=O) groups excluding carboxylic acids is 2. The highest BCUT2D eigenvalue weighted by Gasteiger charge is 2.32. The van der Waals surface area contributed by atoms with Crippen molar-refractivity contribution < 1.29 is 22.8 Å². The number of hydrogen-bond donors (Lipinski definition) is 1. The van der Waals surface area contributed by atoms with Crippen molar-refractivity contribution in [3.05, 3.63) is 24.3 Å². The SMILES string of the molecule is O=C(CN1CCN(CC(F)(F)F)CC1)Nc1ccccc1N1CCCC1=O. The molecule has 0 saturated carbocycles. The molecule has 2 fully saturated rings. The number of amides is 2. The topological polar surface area (TPSA) is 55.9 Å². The van der Waals surface area contributed by atoms with Gasteiger partial charge in [-0.2, -0.15) is 13.2 Å². The Morgan fingerprint density at radius 3 is 2.33 bits per heavy atom. The van der Waals surface area contributed by atoms with Crippen LogP contribution in [0, 0.1) is 0 Å². The van der Waals surface area contributed by atoms with E-state index in [2.05, 4.69) is 5.32 Å². The van der Waals surface area contributed by atoms with Gasteiger partial charge in [0.2, 0.25) is 11.8 Å². The third kappa shape index (κ3) is 5.43. The lowest BCUT2D eigenvalue weighted by atomic mass is 10.2. The minimum absolute atomic E-state index is 0.0393. The summed E-state index contributed by atoms with van der Waals surface area (Å²) >= 11 is 0. The molecule has 0 radical (unpaired) electrons. The van der Waals surface area contributed by atoms with E-state index in [0.29, 0.717) is 37.4 Å². The van der Waals surface area contributed by atoms with Gasteiger partial charge in [0.15, 0.2) is 0 Å². The van der Waals surface area contributed by atoms with Gasteiger partial charge in [-0.1, -0.05) is 12.1 Å². The molecule has 0 unspecified atom stereocenters. The van der Waals surface area contributed by atoms with Gasteiger partial charge in [0, 0.05) is 39.1 Å². The van der Waals surface area contributed by atoms with E-state index >= 15 is 0 Å². The number of carbonyl (C=O) groups is 2. The summed E-state index contributed by atoms with van der Waals surface area (Å²) in [4.78, 5) is 29.2. The van der Waals surface area contributed by atoms with Crippen molar-refractivity contribution in [3.8, 4) is 0 Å². The highest BCUT2D eigenvalue weighted by Crippen LogP contribution is 2.29. The average molecular weight is 384 g/mol. The Morgan fingerprint density at radius 1 is 1.04 bits per heavy atom. The maximum absolute atomic E-state index is 12.4. The number of benzene rings is 1. The maximum atomic E-state index is 12.4. The lowest BCUT2D eigenvalue weighted by Gasteiger charge is -2.34. The minimum atomic E-state index is -4.20. The molecule has 1 N–H and O–H groups in total. The molecule has 2 aliphatic heterocycles. The van der Waals surface area contributed by atoms with Gasteiger partial charge in [0.25, 0.3) is 0 Å². The van der Waals surface area contributed by atoms with Gasteiger partial charge in [0.05, 0.1) is 24.5 Å². The van der Waals surface area contributed by atoms with Crippen LogP contribution in [0.25, 0.3) is 0 Å².